The Labute approximate surface area is 109 Å². The van der Waals surface area contributed by atoms with Crippen molar-refractivity contribution in [3.63, 3.8) is 0 Å². The quantitative estimate of drug-likeness (QED) is 0.905. The van der Waals surface area contributed by atoms with Crippen LogP contribution >= 0.6 is 15.9 Å². The summed E-state index contributed by atoms with van der Waals surface area (Å²) in [7, 11) is -3.20. The van der Waals surface area contributed by atoms with Crippen molar-refractivity contribution in [1.82, 2.24) is 9.97 Å². The molecule has 0 saturated carbocycles. The van der Waals surface area contributed by atoms with Gasteiger partial charge in [-0.2, -0.15) is 0 Å². The van der Waals surface area contributed by atoms with Crippen molar-refractivity contribution in [2.75, 3.05) is 6.26 Å². The molecule has 1 heterocycles. The van der Waals surface area contributed by atoms with E-state index in [1.165, 1.54) is 0 Å². The van der Waals surface area contributed by atoms with Crippen LogP contribution in [0.1, 0.15) is 25.4 Å². The number of rotatable bonds is 4. The number of hydrogen-bond donors (Lipinski definition) is 1. The first-order valence-electron chi connectivity index (χ1n) is 5.14. The Hall–Kier alpha value is -0.690. The summed E-state index contributed by atoms with van der Waals surface area (Å²) in [6.07, 6.45) is 1.73. The van der Waals surface area contributed by atoms with Crippen LogP contribution in [0.3, 0.4) is 0 Å². The van der Waals surface area contributed by atoms with Gasteiger partial charge >= 0.3 is 0 Å². The fraction of sp³-hybridized carbons (Fsp3) is 0.600. The first kappa shape index (κ1) is 14.4. The van der Waals surface area contributed by atoms with Crippen LogP contribution in [0.4, 0.5) is 0 Å². The lowest BCUT2D eigenvalue weighted by atomic mass is 10.1. The maximum Gasteiger partial charge on any atom is 0.265 e. The van der Waals surface area contributed by atoms with Gasteiger partial charge in [0.05, 0.1) is 5.69 Å². The van der Waals surface area contributed by atoms with E-state index in [4.69, 9.17) is 0 Å². The Morgan fingerprint density at radius 1 is 1.41 bits per heavy atom. The third-order valence-corrected chi connectivity index (χ3v) is 3.60. The monoisotopic (exact) mass is 322 g/mol. The average Bonchev–Trinajstić information content (AvgIpc) is 2.09. The molecule has 1 aromatic rings. The Kier molecular flexibility index (Phi) is 4.48. The largest absolute Gasteiger partial charge is 0.309 e. The average molecular weight is 323 g/mol. The zero-order valence-electron chi connectivity index (χ0n) is 9.95. The molecule has 7 heteroatoms. The lowest BCUT2D eigenvalue weighted by Gasteiger charge is -2.08. The maximum atomic E-state index is 11.6. The second-order valence-corrected chi connectivity index (χ2v) is 7.37. The zero-order chi connectivity index (χ0) is 13.2. The van der Waals surface area contributed by atoms with E-state index in [0.29, 0.717) is 22.5 Å². The predicted molar refractivity (Wildman–Crippen MR) is 69.6 cm³/mol. The SMILES string of the molecule is CC(C)Cc1nc(CS(C)(=O)=O)[nH]c(=O)c1Br. The molecule has 0 aromatic carbocycles. The summed E-state index contributed by atoms with van der Waals surface area (Å²) in [5.41, 5.74) is 0.261. The van der Waals surface area contributed by atoms with Crippen molar-refractivity contribution in [1.29, 1.82) is 0 Å². The van der Waals surface area contributed by atoms with E-state index in [1.807, 2.05) is 13.8 Å². The van der Waals surface area contributed by atoms with Gasteiger partial charge < -0.3 is 4.98 Å². The third-order valence-electron chi connectivity index (χ3n) is 1.98. The summed E-state index contributed by atoms with van der Waals surface area (Å²) >= 11 is 3.17. The molecule has 1 aromatic heterocycles. The van der Waals surface area contributed by atoms with Gasteiger partial charge in [-0.1, -0.05) is 13.8 Å². The van der Waals surface area contributed by atoms with Crippen LogP contribution in [0.5, 0.6) is 0 Å². The number of sulfone groups is 1. The molecule has 0 radical (unpaired) electrons. The molecule has 5 nitrogen and oxygen atoms in total. The van der Waals surface area contributed by atoms with E-state index < -0.39 is 9.84 Å². The molecule has 0 aliphatic rings. The summed E-state index contributed by atoms with van der Waals surface area (Å²) < 4.78 is 22.7. The van der Waals surface area contributed by atoms with Gasteiger partial charge in [0, 0.05) is 6.26 Å². The molecule has 0 saturated heterocycles. The van der Waals surface area contributed by atoms with E-state index in [9.17, 15) is 13.2 Å². The number of aromatic nitrogens is 2. The number of hydrogen-bond acceptors (Lipinski definition) is 4. The van der Waals surface area contributed by atoms with Gasteiger partial charge in [-0.15, -0.1) is 0 Å². The first-order valence-corrected chi connectivity index (χ1v) is 7.99. The van der Waals surface area contributed by atoms with Gasteiger partial charge in [0.1, 0.15) is 16.0 Å². The molecule has 0 atom stereocenters. The number of aromatic amines is 1. The second kappa shape index (κ2) is 5.30. The molecule has 0 fully saturated rings. The van der Waals surface area contributed by atoms with E-state index in [0.717, 1.165) is 6.26 Å². The molecule has 96 valence electrons. The minimum atomic E-state index is -3.20. The highest BCUT2D eigenvalue weighted by Gasteiger charge is 2.13. The van der Waals surface area contributed by atoms with Crippen LogP contribution in [0.25, 0.3) is 0 Å². The van der Waals surface area contributed by atoms with Crippen LogP contribution in [0.15, 0.2) is 9.27 Å². The van der Waals surface area contributed by atoms with Gasteiger partial charge in [0.15, 0.2) is 9.84 Å². The first-order chi connectivity index (χ1) is 7.69. The molecule has 1 rings (SSSR count). The summed E-state index contributed by atoms with van der Waals surface area (Å²) in [5, 5.41) is 0. The topological polar surface area (TPSA) is 79.9 Å². The highest BCUT2D eigenvalue weighted by Crippen LogP contribution is 2.14. The third kappa shape index (κ3) is 4.59. The fourth-order valence-electron chi connectivity index (χ4n) is 1.40. The van der Waals surface area contributed by atoms with Gasteiger partial charge in [-0.05, 0) is 28.3 Å². The van der Waals surface area contributed by atoms with E-state index >= 15 is 0 Å². The molecule has 0 aliphatic heterocycles. The van der Waals surface area contributed by atoms with E-state index in [2.05, 4.69) is 25.9 Å². The summed E-state index contributed by atoms with van der Waals surface area (Å²) in [6, 6.07) is 0. The van der Waals surface area contributed by atoms with Crippen molar-refractivity contribution in [3.05, 3.63) is 26.3 Å². The van der Waals surface area contributed by atoms with Crippen LogP contribution < -0.4 is 5.56 Å². The standard InChI is InChI=1S/C10H15BrN2O3S/c1-6(2)4-7-9(11)10(14)13-8(12-7)5-17(3,15)16/h6H,4-5H2,1-3H3,(H,12,13,14). The Morgan fingerprint density at radius 2 is 2.00 bits per heavy atom. The van der Waals surface area contributed by atoms with Crippen molar-refractivity contribution in [3.8, 4) is 0 Å². The van der Waals surface area contributed by atoms with Gasteiger partial charge in [-0.25, -0.2) is 13.4 Å². The van der Waals surface area contributed by atoms with Crippen LogP contribution in [0, 0.1) is 5.92 Å². The lowest BCUT2D eigenvalue weighted by Crippen LogP contribution is -2.18. The zero-order valence-corrected chi connectivity index (χ0v) is 12.4. The molecule has 1 N–H and O–H groups in total. The Morgan fingerprint density at radius 3 is 2.47 bits per heavy atom. The Balaban J connectivity index is 3.19. The number of nitrogens with zero attached hydrogens (tertiary/aromatic N) is 1. The molecule has 17 heavy (non-hydrogen) atoms. The van der Waals surface area contributed by atoms with E-state index in [-0.39, 0.29) is 17.1 Å². The minimum Gasteiger partial charge on any atom is -0.309 e. The van der Waals surface area contributed by atoms with Crippen LogP contribution in [-0.4, -0.2) is 24.6 Å². The summed E-state index contributed by atoms with van der Waals surface area (Å²) in [6.45, 7) is 4.01. The highest BCUT2D eigenvalue weighted by atomic mass is 79.9. The number of nitrogens with one attached hydrogen (secondary N) is 1. The second-order valence-electron chi connectivity index (χ2n) is 4.44. The molecular formula is C10H15BrN2O3S. The van der Waals surface area contributed by atoms with Crippen LogP contribution in [0.2, 0.25) is 0 Å². The molecular weight excluding hydrogens is 308 g/mol. The van der Waals surface area contributed by atoms with Gasteiger partial charge in [0.25, 0.3) is 5.56 Å². The predicted octanol–water partition coefficient (Wildman–Crippen LogP) is 1.28. The normalized spacial score (nSPS) is 12.1. The molecule has 0 amide bonds. The highest BCUT2D eigenvalue weighted by molar-refractivity contribution is 9.10. The summed E-state index contributed by atoms with van der Waals surface area (Å²) in [4.78, 5) is 18.2. The van der Waals surface area contributed by atoms with Crippen molar-refractivity contribution in [2.45, 2.75) is 26.0 Å². The fourth-order valence-corrected chi connectivity index (χ4v) is 2.38. The van der Waals surface area contributed by atoms with Crippen molar-refractivity contribution >= 4 is 25.8 Å². The maximum absolute atomic E-state index is 11.6. The molecule has 0 aliphatic carbocycles. The molecule has 0 spiro atoms. The van der Waals surface area contributed by atoms with E-state index in [1.54, 1.807) is 0 Å². The lowest BCUT2D eigenvalue weighted by molar-refractivity contribution is 0.598. The number of halogens is 1. The van der Waals surface area contributed by atoms with Crippen molar-refractivity contribution < 1.29 is 8.42 Å². The summed E-state index contributed by atoms with van der Waals surface area (Å²) in [5.74, 6) is 0.281. The van der Waals surface area contributed by atoms with Crippen molar-refractivity contribution in [2.24, 2.45) is 5.92 Å². The molecule has 0 bridgehead atoms. The van der Waals surface area contributed by atoms with Gasteiger partial charge in [-0.3, -0.25) is 4.79 Å². The molecule has 0 unspecified atom stereocenters. The smallest absolute Gasteiger partial charge is 0.265 e. The Bertz CT molecular complexity index is 563. The minimum absolute atomic E-state index is 0.191. The van der Waals surface area contributed by atoms with Gasteiger partial charge in [0.2, 0.25) is 0 Å². The number of H-pyrrole nitrogens is 1. The van der Waals surface area contributed by atoms with Crippen LogP contribution in [-0.2, 0) is 22.0 Å².